The molecule has 4 unspecified atom stereocenters. The molecule has 1 saturated heterocycles. The van der Waals surface area contributed by atoms with Crippen LogP contribution in [0.25, 0.3) is 0 Å². The molecule has 1 aromatic carbocycles. The van der Waals surface area contributed by atoms with Gasteiger partial charge in [0.2, 0.25) is 15.9 Å². The standard InChI is InChI=1S/C21H32N6O5S.H2O/c1-12-6-7-27(16(9-12)20(29)30)19(28)15(11-25-21(22)23)26-33(31,32)17-5-3-4-14-8-13(2)10-24-18(14)17;/h3-5,12-13,15-16,24,26H,6-11H2,1-2H3,(H,29,30)(H4,22,23,25);1H2. The Morgan fingerprint density at radius 2 is 2.00 bits per heavy atom. The molecule has 0 aromatic heterocycles. The molecule has 9 N–H and O–H groups in total. The van der Waals surface area contributed by atoms with Crippen LogP contribution < -0.4 is 21.5 Å². The number of hydrogen-bond acceptors (Lipinski definition) is 6. The van der Waals surface area contributed by atoms with Crippen molar-refractivity contribution in [2.75, 3.05) is 25.0 Å². The van der Waals surface area contributed by atoms with Crippen LogP contribution in [0.3, 0.4) is 0 Å². The molecular formula is C21H34N6O6S. The van der Waals surface area contributed by atoms with Crippen LogP contribution in [0, 0.1) is 11.8 Å². The molecule has 3 rings (SSSR count). The van der Waals surface area contributed by atoms with Crippen LogP contribution in [0.2, 0.25) is 0 Å². The molecule has 1 fully saturated rings. The molecule has 0 bridgehead atoms. The van der Waals surface area contributed by atoms with Crippen molar-refractivity contribution in [1.82, 2.24) is 9.62 Å². The summed E-state index contributed by atoms with van der Waals surface area (Å²) in [5.41, 5.74) is 12.2. The minimum atomic E-state index is -4.16. The number of aliphatic imine (C=N–C) groups is 1. The number of aliphatic carboxylic acids is 1. The fourth-order valence-electron chi connectivity index (χ4n) is 4.35. The minimum absolute atomic E-state index is 0. The average molecular weight is 499 g/mol. The Labute approximate surface area is 199 Å². The number of fused-ring (bicyclic) bond motifs is 1. The van der Waals surface area contributed by atoms with Crippen molar-refractivity contribution >= 4 is 33.5 Å². The number of amides is 1. The van der Waals surface area contributed by atoms with E-state index in [4.69, 9.17) is 11.5 Å². The molecule has 0 spiro atoms. The summed E-state index contributed by atoms with van der Waals surface area (Å²) < 4.78 is 29.1. The van der Waals surface area contributed by atoms with E-state index < -0.39 is 34.0 Å². The lowest BCUT2D eigenvalue weighted by Crippen LogP contribution is -2.57. The van der Waals surface area contributed by atoms with Crippen LogP contribution in [-0.2, 0) is 26.0 Å². The number of piperidine rings is 1. The van der Waals surface area contributed by atoms with Crippen molar-refractivity contribution in [3.63, 3.8) is 0 Å². The Balaban J connectivity index is 0.00000408. The molecule has 2 heterocycles. The van der Waals surface area contributed by atoms with E-state index >= 15 is 0 Å². The van der Waals surface area contributed by atoms with Crippen LogP contribution in [0.1, 0.15) is 32.3 Å². The maximum absolute atomic E-state index is 13.3. The molecule has 1 amide bonds. The zero-order chi connectivity index (χ0) is 24.3. The monoisotopic (exact) mass is 498 g/mol. The first-order valence-corrected chi connectivity index (χ1v) is 12.4. The zero-order valence-electron chi connectivity index (χ0n) is 19.3. The number of carboxylic acid groups (broad SMARTS) is 1. The largest absolute Gasteiger partial charge is 0.480 e. The van der Waals surface area contributed by atoms with E-state index in [1.807, 2.05) is 13.0 Å². The van der Waals surface area contributed by atoms with Gasteiger partial charge in [0.25, 0.3) is 0 Å². The van der Waals surface area contributed by atoms with Crippen LogP contribution in [0.4, 0.5) is 5.69 Å². The fraction of sp³-hybridized carbons (Fsp3) is 0.571. The number of carbonyl (C=O) groups is 2. The number of para-hydroxylation sites is 1. The molecule has 2 aliphatic heterocycles. The SMILES string of the molecule is CC1CNc2c(cccc2S(=O)(=O)NC(CN=C(N)N)C(=O)N2CCC(C)CC2C(=O)O)C1.O. The number of carbonyl (C=O) groups excluding carboxylic acids is 1. The van der Waals surface area contributed by atoms with Gasteiger partial charge in [-0.25, -0.2) is 13.2 Å². The Kier molecular flexibility index (Phi) is 8.86. The van der Waals surface area contributed by atoms with E-state index in [0.29, 0.717) is 24.6 Å². The number of nitrogens with two attached hydrogens (primary N) is 2. The maximum Gasteiger partial charge on any atom is 0.326 e. The molecule has 0 radical (unpaired) electrons. The molecule has 34 heavy (non-hydrogen) atoms. The van der Waals surface area contributed by atoms with Gasteiger partial charge in [-0.3, -0.25) is 9.79 Å². The number of carboxylic acids is 1. The summed E-state index contributed by atoms with van der Waals surface area (Å²) in [5.74, 6) is -1.62. The highest BCUT2D eigenvalue weighted by Crippen LogP contribution is 2.31. The molecule has 190 valence electrons. The zero-order valence-corrected chi connectivity index (χ0v) is 20.1. The summed E-state index contributed by atoms with van der Waals surface area (Å²) in [7, 11) is -4.16. The van der Waals surface area contributed by atoms with Gasteiger partial charge in [-0.05, 0) is 42.7 Å². The quantitative estimate of drug-likeness (QED) is 0.234. The summed E-state index contributed by atoms with van der Waals surface area (Å²) >= 11 is 0. The lowest BCUT2D eigenvalue weighted by molar-refractivity contribution is -0.153. The third kappa shape index (κ3) is 6.15. The van der Waals surface area contributed by atoms with Crippen molar-refractivity contribution in [2.45, 2.75) is 50.1 Å². The molecule has 1 aromatic rings. The van der Waals surface area contributed by atoms with Crippen molar-refractivity contribution in [1.29, 1.82) is 0 Å². The fourth-order valence-corrected chi connectivity index (χ4v) is 5.75. The average Bonchev–Trinajstić information content (AvgIpc) is 2.75. The molecule has 2 aliphatic rings. The van der Waals surface area contributed by atoms with Gasteiger partial charge in [0.1, 0.15) is 17.0 Å². The summed E-state index contributed by atoms with van der Waals surface area (Å²) in [4.78, 5) is 30.2. The Hall–Kier alpha value is -2.90. The van der Waals surface area contributed by atoms with E-state index in [9.17, 15) is 23.1 Å². The van der Waals surface area contributed by atoms with Gasteiger partial charge in [0.15, 0.2) is 5.96 Å². The molecular weight excluding hydrogens is 464 g/mol. The topological polar surface area (TPSA) is 212 Å². The highest BCUT2D eigenvalue weighted by molar-refractivity contribution is 7.89. The molecule has 0 saturated carbocycles. The lowest BCUT2D eigenvalue weighted by Gasteiger charge is -2.37. The number of sulfonamides is 1. The third-order valence-corrected chi connectivity index (χ3v) is 7.60. The predicted octanol–water partition coefficient (Wildman–Crippen LogP) is -0.902. The van der Waals surface area contributed by atoms with E-state index in [1.54, 1.807) is 6.07 Å². The van der Waals surface area contributed by atoms with Gasteiger partial charge in [-0.1, -0.05) is 26.0 Å². The Morgan fingerprint density at radius 1 is 1.29 bits per heavy atom. The van der Waals surface area contributed by atoms with Crippen LogP contribution in [-0.4, -0.2) is 73.5 Å². The number of nitrogens with one attached hydrogen (secondary N) is 2. The molecule has 12 nitrogen and oxygen atoms in total. The van der Waals surface area contributed by atoms with Crippen LogP contribution in [0.15, 0.2) is 28.1 Å². The number of likely N-dealkylation sites (tertiary alicyclic amines) is 1. The van der Waals surface area contributed by atoms with E-state index in [2.05, 4.69) is 22.0 Å². The summed E-state index contributed by atoms with van der Waals surface area (Å²) in [6.45, 7) is 4.47. The van der Waals surface area contributed by atoms with Crippen LogP contribution in [0.5, 0.6) is 0 Å². The van der Waals surface area contributed by atoms with E-state index in [-0.39, 0.29) is 41.8 Å². The Morgan fingerprint density at radius 3 is 2.65 bits per heavy atom. The second kappa shape index (κ2) is 11.0. The maximum atomic E-state index is 13.3. The van der Waals surface area contributed by atoms with Gasteiger partial charge in [0.05, 0.1) is 12.2 Å². The third-order valence-electron chi connectivity index (χ3n) is 6.08. The number of benzene rings is 1. The van der Waals surface area contributed by atoms with Crippen LogP contribution >= 0.6 is 0 Å². The van der Waals surface area contributed by atoms with Gasteiger partial charge in [-0.15, -0.1) is 0 Å². The van der Waals surface area contributed by atoms with Gasteiger partial charge < -0.3 is 32.3 Å². The highest BCUT2D eigenvalue weighted by Gasteiger charge is 2.39. The summed E-state index contributed by atoms with van der Waals surface area (Å²) in [6, 6.07) is 2.60. The molecule has 0 aliphatic carbocycles. The summed E-state index contributed by atoms with van der Waals surface area (Å²) in [6.07, 6.45) is 1.64. The first kappa shape index (κ1) is 27.3. The minimum Gasteiger partial charge on any atom is -0.480 e. The van der Waals surface area contributed by atoms with Gasteiger partial charge in [0, 0.05) is 13.1 Å². The lowest BCUT2D eigenvalue weighted by atomic mass is 9.92. The number of guanidine groups is 1. The molecule has 13 heteroatoms. The molecule has 4 atom stereocenters. The number of hydrogen-bond donors (Lipinski definition) is 5. The van der Waals surface area contributed by atoms with Crippen molar-refractivity contribution in [2.24, 2.45) is 28.3 Å². The predicted molar refractivity (Wildman–Crippen MR) is 128 cm³/mol. The smallest absolute Gasteiger partial charge is 0.326 e. The normalized spacial score (nSPS) is 23.0. The second-order valence-electron chi connectivity index (χ2n) is 8.94. The first-order chi connectivity index (χ1) is 15.5. The number of anilines is 1. The van der Waals surface area contributed by atoms with Gasteiger partial charge >= 0.3 is 5.97 Å². The van der Waals surface area contributed by atoms with E-state index in [0.717, 1.165) is 12.0 Å². The van der Waals surface area contributed by atoms with Crippen molar-refractivity contribution in [3.05, 3.63) is 23.8 Å². The number of rotatable bonds is 7. The Bertz CT molecular complexity index is 1040. The summed E-state index contributed by atoms with van der Waals surface area (Å²) in [5, 5.41) is 12.8. The van der Waals surface area contributed by atoms with Crippen molar-refractivity contribution in [3.8, 4) is 0 Å². The van der Waals surface area contributed by atoms with Gasteiger partial charge in [-0.2, -0.15) is 4.72 Å². The highest BCUT2D eigenvalue weighted by atomic mass is 32.2. The second-order valence-corrected chi connectivity index (χ2v) is 10.6. The number of nitrogens with zero attached hydrogens (tertiary/aromatic N) is 2. The van der Waals surface area contributed by atoms with E-state index in [1.165, 1.54) is 11.0 Å². The van der Waals surface area contributed by atoms with Crippen molar-refractivity contribution < 1.29 is 28.6 Å². The first-order valence-electron chi connectivity index (χ1n) is 11.0.